The van der Waals surface area contributed by atoms with Crippen molar-refractivity contribution in [1.82, 2.24) is 5.32 Å². The maximum absolute atomic E-state index is 10.9. The van der Waals surface area contributed by atoms with Crippen LogP contribution in [0.2, 0.25) is 0 Å². The van der Waals surface area contributed by atoms with E-state index in [2.05, 4.69) is 15.6 Å². The van der Waals surface area contributed by atoms with Gasteiger partial charge in [-0.25, -0.2) is 4.79 Å². The minimum absolute atomic E-state index is 0. The molecule has 0 spiro atoms. The summed E-state index contributed by atoms with van der Waals surface area (Å²) in [6.07, 6.45) is 1.07. The van der Waals surface area contributed by atoms with Gasteiger partial charge in [-0.15, -0.1) is 12.4 Å². The highest BCUT2D eigenvalue weighted by molar-refractivity contribution is 5.85. The zero-order valence-electron chi connectivity index (χ0n) is 9.06. The van der Waals surface area contributed by atoms with Gasteiger partial charge in [0.05, 0.1) is 6.34 Å². The lowest BCUT2D eigenvalue weighted by Gasteiger charge is -2.05. The van der Waals surface area contributed by atoms with E-state index in [0.29, 0.717) is 5.75 Å². The SMILES string of the molecule is CN=CNc1cccc(OC(=O)NC)c1.Cl. The first-order chi connectivity index (χ1) is 7.26. The number of benzene rings is 1. The minimum Gasteiger partial charge on any atom is -0.410 e. The molecule has 0 saturated carbocycles. The molecule has 1 amide bonds. The van der Waals surface area contributed by atoms with Crippen molar-refractivity contribution < 1.29 is 9.53 Å². The fourth-order valence-corrected chi connectivity index (χ4v) is 0.947. The third-order valence-corrected chi connectivity index (χ3v) is 1.61. The highest BCUT2D eigenvalue weighted by Crippen LogP contribution is 2.16. The molecule has 0 fully saturated rings. The maximum Gasteiger partial charge on any atom is 0.412 e. The number of hydrogen-bond donors (Lipinski definition) is 2. The average Bonchev–Trinajstić information content (AvgIpc) is 2.26. The normalized spacial score (nSPS) is 9.38. The van der Waals surface area contributed by atoms with Crippen molar-refractivity contribution in [3.8, 4) is 5.75 Å². The van der Waals surface area contributed by atoms with Crippen LogP contribution in [0.15, 0.2) is 29.3 Å². The Labute approximate surface area is 100 Å². The molecule has 0 bridgehead atoms. The molecule has 5 nitrogen and oxygen atoms in total. The Bertz CT molecular complexity index is 369. The van der Waals surface area contributed by atoms with E-state index < -0.39 is 6.09 Å². The highest BCUT2D eigenvalue weighted by Gasteiger charge is 2.01. The Morgan fingerprint density at radius 2 is 2.25 bits per heavy atom. The van der Waals surface area contributed by atoms with Crippen molar-refractivity contribution in [2.45, 2.75) is 0 Å². The summed E-state index contributed by atoms with van der Waals surface area (Å²) in [6.45, 7) is 0. The quantitative estimate of drug-likeness (QED) is 0.630. The van der Waals surface area contributed by atoms with Gasteiger partial charge >= 0.3 is 6.09 Å². The Hall–Kier alpha value is -1.75. The van der Waals surface area contributed by atoms with E-state index in [1.165, 1.54) is 7.05 Å². The van der Waals surface area contributed by atoms with E-state index >= 15 is 0 Å². The van der Waals surface area contributed by atoms with Gasteiger partial charge in [0.15, 0.2) is 0 Å². The number of carbonyl (C=O) groups is 1. The molecule has 0 heterocycles. The standard InChI is InChI=1S/C10H13N3O2.ClH/c1-11-7-13-8-4-3-5-9(6-8)15-10(14)12-2;/h3-7H,1-2H3,(H,11,13)(H,12,14);1H. The minimum atomic E-state index is -0.490. The van der Waals surface area contributed by atoms with Crippen LogP contribution in [0.3, 0.4) is 0 Å². The zero-order chi connectivity index (χ0) is 11.1. The Morgan fingerprint density at radius 1 is 1.50 bits per heavy atom. The second-order valence-corrected chi connectivity index (χ2v) is 2.70. The molecule has 0 aromatic heterocycles. The van der Waals surface area contributed by atoms with Gasteiger partial charge in [0, 0.05) is 25.8 Å². The number of ether oxygens (including phenoxy) is 1. The Morgan fingerprint density at radius 3 is 2.88 bits per heavy atom. The summed E-state index contributed by atoms with van der Waals surface area (Å²) < 4.78 is 4.95. The van der Waals surface area contributed by atoms with Gasteiger partial charge in [-0.3, -0.25) is 4.99 Å². The second kappa shape index (κ2) is 7.53. The van der Waals surface area contributed by atoms with E-state index in [1.807, 2.05) is 6.07 Å². The van der Waals surface area contributed by atoms with Crippen molar-refractivity contribution in [3.63, 3.8) is 0 Å². The van der Waals surface area contributed by atoms with Crippen LogP contribution in [0.4, 0.5) is 10.5 Å². The van der Waals surface area contributed by atoms with Crippen LogP contribution in [0.1, 0.15) is 0 Å². The Balaban J connectivity index is 0.00000225. The summed E-state index contributed by atoms with van der Waals surface area (Å²) in [6, 6.07) is 7.03. The van der Waals surface area contributed by atoms with Crippen LogP contribution in [0, 0.1) is 0 Å². The highest BCUT2D eigenvalue weighted by atomic mass is 35.5. The largest absolute Gasteiger partial charge is 0.412 e. The van der Waals surface area contributed by atoms with E-state index in [0.717, 1.165) is 5.69 Å². The number of anilines is 1. The summed E-state index contributed by atoms with van der Waals surface area (Å²) in [5, 5.41) is 5.29. The molecule has 0 saturated heterocycles. The van der Waals surface area contributed by atoms with Crippen molar-refractivity contribution in [2.24, 2.45) is 4.99 Å². The van der Waals surface area contributed by atoms with Gasteiger partial charge < -0.3 is 15.4 Å². The first-order valence-corrected chi connectivity index (χ1v) is 4.43. The van der Waals surface area contributed by atoms with Gasteiger partial charge in [0.2, 0.25) is 0 Å². The molecule has 1 aromatic carbocycles. The molecule has 1 rings (SSSR count). The van der Waals surface area contributed by atoms with Crippen molar-refractivity contribution >= 4 is 30.5 Å². The summed E-state index contributed by atoms with van der Waals surface area (Å²) in [5.74, 6) is 0.476. The number of carbonyl (C=O) groups excluding carboxylic acids is 1. The van der Waals surface area contributed by atoms with Gasteiger partial charge in [-0.2, -0.15) is 0 Å². The molecule has 1 aromatic rings. The summed E-state index contributed by atoms with van der Waals surface area (Å²) in [4.78, 5) is 14.7. The lowest BCUT2D eigenvalue weighted by molar-refractivity contribution is 0.203. The van der Waals surface area contributed by atoms with Crippen molar-refractivity contribution in [1.29, 1.82) is 0 Å². The predicted octanol–water partition coefficient (Wildman–Crippen LogP) is 1.90. The second-order valence-electron chi connectivity index (χ2n) is 2.70. The average molecular weight is 244 g/mol. The summed E-state index contributed by atoms with van der Waals surface area (Å²) >= 11 is 0. The molecule has 0 unspecified atom stereocenters. The van der Waals surface area contributed by atoms with E-state index in [1.54, 1.807) is 31.6 Å². The molecule has 88 valence electrons. The summed E-state index contributed by atoms with van der Waals surface area (Å²) in [5.41, 5.74) is 0.807. The predicted molar refractivity (Wildman–Crippen MR) is 66.8 cm³/mol. The molecule has 0 radical (unpaired) electrons. The third kappa shape index (κ3) is 4.65. The number of nitrogens with one attached hydrogen (secondary N) is 2. The van der Waals surface area contributed by atoms with Crippen LogP contribution < -0.4 is 15.4 Å². The van der Waals surface area contributed by atoms with Crippen molar-refractivity contribution in [3.05, 3.63) is 24.3 Å². The number of nitrogens with zero attached hydrogens (tertiary/aromatic N) is 1. The first-order valence-electron chi connectivity index (χ1n) is 4.43. The molecular formula is C10H14ClN3O2. The smallest absolute Gasteiger partial charge is 0.410 e. The van der Waals surface area contributed by atoms with Crippen LogP contribution in [0.5, 0.6) is 5.75 Å². The number of rotatable bonds is 3. The molecule has 16 heavy (non-hydrogen) atoms. The monoisotopic (exact) mass is 243 g/mol. The lowest BCUT2D eigenvalue weighted by atomic mass is 10.3. The van der Waals surface area contributed by atoms with E-state index in [-0.39, 0.29) is 12.4 Å². The molecule has 0 aliphatic carbocycles. The fourth-order valence-electron chi connectivity index (χ4n) is 0.947. The number of aliphatic imine (C=N–C) groups is 1. The Kier molecular flexibility index (Phi) is 6.71. The molecule has 0 aliphatic rings. The number of hydrogen-bond acceptors (Lipinski definition) is 3. The van der Waals surface area contributed by atoms with Gasteiger partial charge in [0.25, 0.3) is 0 Å². The first kappa shape index (κ1) is 14.2. The molecule has 6 heteroatoms. The van der Waals surface area contributed by atoms with Gasteiger partial charge in [-0.05, 0) is 12.1 Å². The molecular weight excluding hydrogens is 230 g/mol. The fraction of sp³-hybridized carbons (Fsp3) is 0.200. The van der Waals surface area contributed by atoms with Crippen LogP contribution >= 0.6 is 12.4 Å². The van der Waals surface area contributed by atoms with E-state index in [4.69, 9.17) is 4.74 Å². The van der Waals surface area contributed by atoms with Crippen molar-refractivity contribution in [2.75, 3.05) is 19.4 Å². The number of halogens is 1. The topological polar surface area (TPSA) is 62.7 Å². The lowest BCUT2D eigenvalue weighted by Crippen LogP contribution is -2.22. The molecule has 2 N–H and O–H groups in total. The number of amides is 1. The zero-order valence-corrected chi connectivity index (χ0v) is 9.88. The van der Waals surface area contributed by atoms with Crippen LogP contribution in [-0.2, 0) is 0 Å². The molecule has 0 atom stereocenters. The van der Waals surface area contributed by atoms with Gasteiger partial charge in [-0.1, -0.05) is 6.07 Å². The van der Waals surface area contributed by atoms with Crippen LogP contribution in [0.25, 0.3) is 0 Å². The molecule has 0 aliphatic heterocycles. The van der Waals surface area contributed by atoms with E-state index in [9.17, 15) is 4.79 Å². The van der Waals surface area contributed by atoms with Crippen LogP contribution in [-0.4, -0.2) is 26.5 Å². The van der Waals surface area contributed by atoms with Gasteiger partial charge in [0.1, 0.15) is 5.75 Å². The third-order valence-electron chi connectivity index (χ3n) is 1.61. The maximum atomic E-state index is 10.9. The summed E-state index contributed by atoms with van der Waals surface area (Å²) in [7, 11) is 3.17.